The maximum atomic E-state index is 14.6. The van der Waals surface area contributed by atoms with Crippen LogP contribution in [0, 0.1) is 17.3 Å². The molecule has 2 unspecified atom stereocenters. The Labute approximate surface area is 260 Å². The highest BCUT2D eigenvalue weighted by Gasteiger charge is 2.77. The second kappa shape index (κ2) is 11.6. The predicted octanol–water partition coefficient (Wildman–Crippen LogP) is 4.72. The number of carbonyl (C=O) groups excluding carboxylic acids is 3. The lowest BCUT2D eigenvalue weighted by Crippen LogP contribution is -2.60. The number of nitrogens with zero attached hydrogens (tertiary/aromatic N) is 1. The third-order valence-corrected chi connectivity index (χ3v) is 11.4. The number of carbonyl (C=O) groups is 3. The van der Waals surface area contributed by atoms with Gasteiger partial charge >= 0.3 is 0 Å². The van der Waals surface area contributed by atoms with Gasteiger partial charge < -0.3 is 20.6 Å². The molecule has 3 fully saturated rings. The van der Waals surface area contributed by atoms with Crippen molar-refractivity contribution < 1.29 is 19.5 Å². The van der Waals surface area contributed by atoms with Crippen molar-refractivity contribution in [3.8, 4) is 0 Å². The Hall–Kier alpha value is -2.84. The number of rotatable bonds is 10. The van der Waals surface area contributed by atoms with Gasteiger partial charge in [0.2, 0.25) is 17.7 Å². The summed E-state index contributed by atoms with van der Waals surface area (Å²) in [4.78, 5) is 44.8. The Balaban J connectivity index is 1.51. The van der Waals surface area contributed by atoms with Crippen LogP contribution >= 0.6 is 11.8 Å². The molecule has 3 aliphatic rings. The van der Waals surface area contributed by atoms with Gasteiger partial charge in [-0.3, -0.25) is 14.4 Å². The molecule has 6 atom stereocenters. The molecule has 2 aromatic rings. The molecule has 3 amide bonds. The second-order valence-electron chi connectivity index (χ2n) is 14.8. The Morgan fingerprint density at radius 1 is 0.977 bits per heavy atom. The fourth-order valence-electron chi connectivity index (χ4n) is 8.26. The van der Waals surface area contributed by atoms with Crippen molar-refractivity contribution in [1.29, 1.82) is 0 Å². The third-order valence-electron chi connectivity index (χ3n) is 9.41. The SMILES string of the molecule is CC(C)(C)CC(C)(C)NC(=O)C1N([C@@H](CO)Cc2ccccc2)C(=O)[C@@H]2[C@H](C(=O)NCc3ccccc3)[C@]3(C)CCC12S3. The first kappa shape index (κ1) is 31.6. The number of aliphatic hydroxyl groups excluding tert-OH is 1. The number of thioether (sulfide) groups is 1. The van der Waals surface area contributed by atoms with Crippen LogP contribution in [0.5, 0.6) is 0 Å². The predicted molar refractivity (Wildman–Crippen MR) is 171 cm³/mol. The van der Waals surface area contributed by atoms with Crippen LogP contribution in [-0.2, 0) is 27.3 Å². The summed E-state index contributed by atoms with van der Waals surface area (Å²) in [6.45, 7) is 12.7. The summed E-state index contributed by atoms with van der Waals surface area (Å²) < 4.78 is -1.20. The van der Waals surface area contributed by atoms with Crippen molar-refractivity contribution in [2.45, 2.75) is 101 Å². The van der Waals surface area contributed by atoms with Crippen LogP contribution in [0.1, 0.15) is 71.9 Å². The van der Waals surface area contributed by atoms with Crippen LogP contribution in [0.2, 0.25) is 0 Å². The molecule has 2 bridgehead atoms. The zero-order valence-corrected chi connectivity index (χ0v) is 27.2. The molecule has 0 radical (unpaired) electrons. The summed E-state index contributed by atoms with van der Waals surface area (Å²) in [6, 6.07) is 18.1. The van der Waals surface area contributed by atoms with E-state index in [2.05, 4.69) is 38.3 Å². The van der Waals surface area contributed by atoms with Crippen molar-refractivity contribution in [1.82, 2.24) is 15.5 Å². The van der Waals surface area contributed by atoms with E-state index in [0.29, 0.717) is 19.4 Å². The molecule has 3 N–H and O–H groups in total. The molecule has 43 heavy (non-hydrogen) atoms. The van der Waals surface area contributed by atoms with Crippen molar-refractivity contribution in [3.05, 3.63) is 71.8 Å². The lowest BCUT2D eigenvalue weighted by atomic mass is 9.66. The number of fused-ring (bicyclic) bond motifs is 1. The van der Waals surface area contributed by atoms with Crippen LogP contribution in [0.15, 0.2) is 60.7 Å². The molecular weight excluding hydrogens is 558 g/mol. The van der Waals surface area contributed by atoms with Gasteiger partial charge in [0.25, 0.3) is 0 Å². The van der Waals surface area contributed by atoms with Crippen LogP contribution in [-0.4, -0.2) is 61.5 Å². The third kappa shape index (κ3) is 6.10. The maximum absolute atomic E-state index is 14.6. The van der Waals surface area contributed by atoms with E-state index >= 15 is 0 Å². The van der Waals surface area contributed by atoms with Gasteiger partial charge in [-0.15, -0.1) is 11.8 Å². The summed E-state index contributed by atoms with van der Waals surface area (Å²) in [5, 5.41) is 17.1. The number of amides is 3. The molecule has 2 aromatic carbocycles. The fourth-order valence-corrected chi connectivity index (χ4v) is 10.6. The minimum absolute atomic E-state index is 0.0142. The largest absolute Gasteiger partial charge is 0.394 e. The van der Waals surface area contributed by atoms with Crippen LogP contribution in [0.25, 0.3) is 0 Å². The van der Waals surface area contributed by atoms with E-state index in [9.17, 15) is 19.5 Å². The number of benzene rings is 2. The van der Waals surface area contributed by atoms with Gasteiger partial charge in [0, 0.05) is 16.8 Å². The number of hydrogen-bond acceptors (Lipinski definition) is 5. The molecule has 5 rings (SSSR count). The summed E-state index contributed by atoms with van der Waals surface area (Å²) >= 11 is 1.66. The lowest BCUT2D eigenvalue weighted by Gasteiger charge is -2.40. The molecule has 232 valence electrons. The molecule has 0 saturated carbocycles. The monoisotopic (exact) mass is 605 g/mol. The summed E-state index contributed by atoms with van der Waals surface area (Å²) in [5.41, 5.74) is 1.45. The van der Waals surface area contributed by atoms with Gasteiger partial charge in [-0.25, -0.2) is 0 Å². The van der Waals surface area contributed by atoms with Crippen molar-refractivity contribution in [2.24, 2.45) is 17.3 Å². The number of aliphatic hydroxyl groups is 1. The molecular formula is C35H47N3O4S. The second-order valence-corrected chi connectivity index (χ2v) is 16.7. The van der Waals surface area contributed by atoms with Gasteiger partial charge in [-0.2, -0.15) is 0 Å². The summed E-state index contributed by atoms with van der Waals surface area (Å²) in [7, 11) is 0. The smallest absolute Gasteiger partial charge is 0.244 e. The van der Waals surface area contributed by atoms with E-state index in [1.54, 1.807) is 16.7 Å². The van der Waals surface area contributed by atoms with Crippen molar-refractivity contribution >= 4 is 29.5 Å². The molecule has 7 nitrogen and oxygen atoms in total. The van der Waals surface area contributed by atoms with E-state index < -0.39 is 39.0 Å². The molecule has 0 aliphatic carbocycles. The molecule has 3 saturated heterocycles. The first-order chi connectivity index (χ1) is 20.2. The lowest BCUT2D eigenvalue weighted by molar-refractivity contribution is -0.143. The van der Waals surface area contributed by atoms with Gasteiger partial charge in [0.1, 0.15) is 6.04 Å². The average molecular weight is 606 g/mol. The van der Waals surface area contributed by atoms with Crippen LogP contribution < -0.4 is 10.6 Å². The van der Waals surface area contributed by atoms with E-state index in [4.69, 9.17) is 0 Å². The Morgan fingerprint density at radius 3 is 2.16 bits per heavy atom. The van der Waals surface area contributed by atoms with Gasteiger partial charge in [-0.1, -0.05) is 81.4 Å². The normalized spacial score (nSPS) is 29.0. The minimum atomic E-state index is -0.788. The minimum Gasteiger partial charge on any atom is -0.394 e. The molecule has 8 heteroatoms. The standard InChI is InChI=1S/C35H47N3O4S/c1-32(2,3)22-33(4,5)37-30(41)28-35-18-17-34(6,43-35)26(29(40)36-20-24-15-11-8-12-16-24)27(35)31(42)38(28)25(21-39)19-23-13-9-7-10-14-23/h7-16,25-28,39H,17-22H2,1-6H3,(H,36,40)(H,37,41)/t25-,26-,27+,28?,34+,35?/m1/s1. The molecule has 0 aromatic heterocycles. The number of nitrogens with one attached hydrogen (secondary N) is 2. The van der Waals surface area contributed by atoms with Gasteiger partial charge in [-0.05, 0) is 63.0 Å². The first-order valence-corrected chi connectivity index (χ1v) is 16.3. The Kier molecular flexibility index (Phi) is 8.51. The highest BCUT2D eigenvalue weighted by Crippen LogP contribution is 2.71. The van der Waals surface area contributed by atoms with E-state index in [0.717, 1.165) is 24.0 Å². The Morgan fingerprint density at radius 2 is 1.58 bits per heavy atom. The zero-order chi connectivity index (χ0) is 31.2. The highest BCUT2D eigenvalue weighted by molar-refractivity contribution is 8.02. The van der Waals surface area contributed by atoms with Crippen molar-refractivity contribution in [3.63, 3.8) is 0 Å². The number of hydrogen-bond donors (Lipinski definition) is 3. The molecule has 1 spiro atoms. The molecule has 3 aliphatic heterocycles. The van der Waals surface area contributed by atoms with E-state index in [1.807, 2.05) is 74.5 Å². The van der Waals surface area contributed by atoms with Gasteiger partial charge in [0.15, 0.2) is 0 Å². The van der Waals surface area contributed by atoms with E-state index in [-0.39, 0.29) is 29.7 Å². The first-order valence-electron chi connectivity index (χ1n) is 15.5. The summed E-state index contributed by atoms with van der Waals surface area (Å²) in [5.74, 6) is -1.74. The van der Waals surface area contributed by atoms with Crippen LogP contribution in [0.3, 0.4) is 0 Å². The maximum Gasteiger partial charge on any atom is 0.244 e. The number of likely N-dealkylation sites (tertiary alicyclic amines) is 1. The zero-order valence-electron chi connectivity index (χ0n) is 26.4. The quantitative estimate of drug-likeness (QED) is 0.364. The summed E-state index contributed by atoms with van der Waals surface area (Å²) in [6.07, 6.45) is 2.60. The Bertz CT molecular complexity index is 1340. The fraction of sp³-hybridized carbons (Fsp3) is 0.571. The van der Waals surface area contributed by atoms with E-state index in [1.165, 1.54) is 0 Å². The van der Waals surface area contributed by atoms with Crippen molar-refractivity contribution in [2.75, 3.05) is 6.61 Å². The highest BCUT2D eigenvalue weighted by atomic mass is 32.2. The van der Waals surface area contributed by atoms with Gasteiger partial charge in [0.05, 0.1) is 29.2 Å². The molecule has 3 heterocycles. The topological polar surface area (TPSA) is 98.7 Å². The average Bonchev–Trinajstić information content (AvgIpc) is 3.50. The van der Waals surface area contributed by atoms with Crippen LogP contribution in [0.4, 0.5) is 0 Å².